The van der Waals surface area contributed by atoms with Crippen molar-refractivity contribution in [2.75, 3.05) is 26.1 Å². The van der Waals surface area contributed by atoms with Crippen LogP contribution in [0.25, 0.3) is 0 Å². The first-order chi connectivity index (χ1) is 11.7. The van der Waals surface area contributed by atoms with Gasteiger partial charge in [0.15, 0.2) is 11.5 Å². The van der Waals surface area contributed by atoms with Crippen molar-refractivity contribution >= 4 is 5.69 Å². The van der Waals surface area contributed by atoms with Crippen molar-refractivity contribution in [3.8, 4) is 17.2 Å². The van der Waals surface area contributed by atoms with Gasteiger partial charge < -0.3 is 19.5 Å². The van der Waals surface area contributed by atoms with Crippen molar-refractivity contribution in [2.45, 2.75) is 19.9 Å². The lowest BCUT2D eigenvalue weighted by Gasteiger charge is -2.16. The Kier molecular flexibility index (Phi) is 6.55. The first-order valence-electron chi connectivity index (χ1n) is 8.03. The molecule has 0 spiro atoms. The molecule has 0 unspecified atom stereocenters. The molecule has 0 aromatic heterocycles. The Morgan fingerprint density at radius 1 is 1.08 bits per heavy atom. The average Bonchev–Trinajstić information content (AvgIpc) is 2.61. The third-order valence-electron chi connectivity index (χ3n) is 3.65. The van der Waals surface area contributed by atoms with Crippen LogP contribution >= 0.6 is 0 Å². The normalized spacial score (nSPS) is 10.1. The maximum Gasteiger partial charge on any atom is 0.164 e. The Hall–Kier alpha value is -2.62. The fraction of sp³-hybridized carbons (Fsp3) is 0.300. The van der Waals surface area contributed by atoms with Crippen molar-refractivity contribution in [3.63, 3.8) is 0 Å². The van der Waals surface area contributed by atoms with Crippen LogP contribution < -0.4 is 19.5 Å². The maximum atomic E-state index is 5.73. The van der Waals surface area contributed by atoms with Crippen LogP contribution in [-0.4, -0.2) is 20.8 Å². The number of anilines is 1. The second kappa shape index (κ2) is 8.87. The molecule has 24 heavy (non-hydrogen) atoms. The summed E-state index contributed by atoms with van der Waals surface area (Å²) >= 11 is 0. The molecule has 4 heteroatoms. The average molecular weight is 327 g/mol. The largest absolute Gasteiger partial charge is 0.497 e. The highest BCUT2D eigenvalue weighted by molar-refractivity contribution is 5.52. The topological polar surface area (TPSA) is 39.7 Å². The van der Waals surface area contributed by atoms with Crippen LogP contribution in [0, 0.1) is 0 Å². The Balaban J connectivity index is 2.19. The lowest BCUT2D eigenvalue weighted by atomic mass is 10.1. The number of methoxy groups -OCH3 is 2. The zero-order valence-corrected chi connectivity index (χ0v) is 14.6. The number of allylic oxidation sites excluding steroid dienone is 1. The van der Waals surface area contributed by atoms with Crippen molar-refractivity contribution in [1.82, 2.24) is 0 Å². The predicted octanol–water partition coefficient (Wildman–Crippen LogP) is 4.44. The third kappa shape index (κ3) is 4.44. The Labute approximate surface area is 144 Å². The highest BCUT2D eigenvalue weighted by Crippen LogP contribution is 2.33. The number of ether oxygens (including phenoxy) is 3. The van der Waals surface area contributed by atoms with E-state index in [-0.39, 0.29) is 0 Å². The van der Waals surface area contributed by atoms with E-state index in [1.165, 1.54) is 0 Å². The highest BCUT2D eigenvalue weighted by atomic mass is 16.5. The van der Waals surface area contributed by atoms with Gasteiger partial charge in [-0.2, -0.15) is 0 Å². The fourth-order valence-electron chi connectivity index (χ4n) is 2.54. The lowest BCUT2D eigenvalue weighted by Crippen LogP contribution is -2.04. The molecule has 0 aliphatic heterocycles. The van der Waals surface area contributed by atoms with E-state index in [1.54, 1.807) is 14.2 Å². The molecule has 0 saturated carbocycles. The van der Waals surface area contributed by atoms with Gasteiger partial charge in [0.2, 0.25) is 0 Å². The molecule has 2 aromatic carbocycles. The van der Waals surface area contributed by atoms with Crippen molar-refractivity contribution in [3.05, 3.63) is 60.2 Å². The first-order valence-corrected chi connectivity index (χ1v) is 8.03. The van der Waals surface area contributed by atoms with Crippen LogP contribution in [0.15, 0.2) is 49.1 Å². The van der Waals surface area contributed by atoms with E-state index in [0.717, 1.165) is 40.5 Å². The van der Waals surface area contributed by atoms with Crippen LogP contribution in [0.5, 0.6) is 17.2 Å². The maximum absolute atomic E-state index is 5.73. The predicted molar refractivity (Wildman–Crippen MR) is 98.4 cm³/mol. The van der Waals surface area contributed by atoms with E-state index >= 15 is 0 Å². The first kappa shape index (κ1) is 17.7. The fourth-order valence-corrected chi connectivity index (χ4v) is 2.54. The molecule has 2 aromatic rings. The van der Waals surface area contributed by atoms with Gasteiger partial charge in [0.25, 0.3) is 0 Å². The van der Waals surface area contributed by atoms with E-state index in [0.29, 0.717) is 13.2 Å². The summed E-state index contributed by atoms with van der Waals surface area (Å²) in [5.74, 6) is 2.40. The quantitative estimate of drug-likeness (QED) is 0.691. The minimum Gasteiger partial charge on any atom is -0.497 e. The van der Waals surface area contributed by atoms with Gasteiger partial charge in [-0.05, 0) is 55.3 Å². The summed E-state index contributed by atoms with van der Waals surface area (Å²) in [6.45, 7) is 7.08. The van der Waals surface area contributed by atoms with Crippen molar-refractivity contribution < 1.29 is 14.2 Å². The van der Waals surface area contributed by atoms with Crippen molar-refractivity contribution in [1.29, 1.82) is 0 Å². The van der Waals surface area contributed by atoms with E-state index in [4.69, 9.17) is 14.2 Å². The van der Waals surface area contributed by atoms with E-state index in [2.05, 4.69) is 18.0 Å². The molecule has 0 bridgehead atoms. The van der Waals surface area contributed by atoms with Gasteiger partial charge in [0, 0.05) is 17.8 Å². The van der Waals surface area contributed by atoms with Gasteiger partial charge in [-0.3, -0.25) is 0 Å². The summed E-state index contributed by atoms with van der Waals surface area (Å²) < 4.78 is 16.4. The SMILES string of the molecule is C=CCc1cc(CNc2ccc(OC)cc2)cc(OCC)c1OC. The van der Waals surface area contributed by atoms with Crippen LogP contribution in [0.2, 0.25) is 0 Å². The second-order valence-electron chi connectivity index (χ2n) is 5.29. The van der Waals surface area contributed by atoms with E-state index < -0.39 is 0 Å². The lowest BCUT2D eigenvalue weighted by molar-refractivity contribution is 0.309. The second-order valence-corrected chi connectivity index (χ2v) is 5.29. The zero-order chi connectivity index (χ0) is 17.4. The number of rotatable bonds is 9. The number of hydrogen-bond acceptors (Lipinski definition) is 4. The molecule has 0 fully saturated rings. The van der Waals surface area contributed by atoms with Gasteiger partial charge in [-0.15, -0.1) is 6.58 Å². The molecule has 4 nitrogen and oxygen atoms in total. The molecule has 0 heterocycles. The van der Waals surface area contributed by atoms with Crippen LogP contribution in [0.3, 0.4) is 0 Å². The molecule has 0 aliphatic carbocycles. The van der Waals surface area contributed by atoms with Gasteiger partial charge >= 0.3 is 0 Å². The van der Waals surface area contributed by atoms with Gasteiger partial charge in [0.05, 0.1) is 20.8 Å². The molecule has 128 valence electrons. The number of hydrogen-bond donors (Lipinski definition) is 1. The highest BCUT2D eigenvalue weighted by Gasteiger charge is 2.12. The van der Waals surface area contributed by atoms with Crippen LogP contribution in [0.1, 0.15) is 18.1 Å². The van der Waals surface area contributed by atoms with Gasteiger partial charge in [-0.25, -0.2) is 0 Å². The summed E-state index contributed by atoms with van der Waals surface area (Å²) in [5, 5.41) is 3.41. The van der Waals surface area contributed by atoms with E-state index in [1.807, 2.05) is 43.3 Å². The molecule has 0 aliphatic rings. The van der Waals surface area contributed by atoms with Gasteiger partial charge in [-0.1, -0.05) is 6.08 Å². The summed E-state index contributed by atoms with van der Waals surface area (Å²) in [5.41, 5.74) is 3.24. The summed E-state index contributed by atoms with van der Waals surface area (Å²) in [7, 11) is 3.33. The van der Waals surface area contributed by atoms with Crippen LogP contribution in [0.4, 0.5) is 5.69 Å². The van der Waals surface area contributed by atoms with Crippen molar-refractivity contribution in [2.24, 2.45) is 0 Å². The molecule has 0 saturated heterocycles. The number of benzene rings is 2. The zero-order valence-electron chi connectivity index (χ0n) is 14.6. The molecule has 2 rings (SSSR count). The third-order valence-corrected chi connectivity index (χ3v) is 3.65. The van der Waals surface area contributed by atoms with E-state index in [9.17, 15) is 0 Å². The minimum atomic E-state index is 0.596. The molecule has 0 radical (unpaired) electrons. The van der Waals surface area contributed by atoms with Crippen LogP contribution in [-0.2, 0) is 13.0 Å². The Morgan fingerprint density at radius 2 is 1.83 bits per heavy atom. The molecule has 0 atom stereocenters. The Bertz CT molecular complexity index is 665. The summed E-state index contributed by atoms with van der Waals surface area (Å²) in [6, 6.07) is 12.0. The summed E-state index contributed by atoms with van der Waals surface area (Å²) in [6.07, 6.45) is 2.61. The van der Waals surface area contributed by atoms with Gasteiger partial charge in [0.1, 0.15) is 5.75 Å². The smallest absolute Gasteiger partial charge is 0.164 e. The monoisotopic (exact) mass is 327 g/mol. The minimum absolute atomic E-state index is 0.596. The molecular formula is C20H25NO3. The molecule has 0 amide bonds. The molecule has 1 N–H and O–H groups in total. The Morgan fingerprint density at radius 3 is 2.42 bits per heavy atom. The standard InChI is InChI=1S/C20H25NO3/c1-5-7-16-12-15(13-19(24-6-2)20(16)23-4)14-21-17-8-10-18(22-3)11-9-17/h5,8-13,21H,1,6-7,14H2,2-4H3. The summed E-state index contributed by atoms with van der Waals surface area (Å²) in [4.78, 5) is 0. The number of nitrogens with one attached hydrogen (secondary N) is 1. The molecular weight excluding hydrogens is 302 g/mol.